The molecule has 13 atom stereocenters. The number of aromatic nitrogens is 2. The topological polar surface area (TPSA) is 143 Å². The number of ether oxygens (including phenoxy) is 2. The second-order valence-electron chi connectivity index (χ2n) is 19.3. The van der Waals surface area contributed by atoms with Crippen molar-refractivity contribution < 1.29 is 24.3 Å². The van der Waals surface area contributed by atoms with Gasteiger partial charge in [0.1, 0.15) is 6.10 Å². The van der Waals surface area contributed by atoms with Crippen molar-refractivity contribution in [3.63, 3.8) is 0 Å². The maximum Gasteiger partial charge on any atom is 0.345 e. The van der Waals surface area contributed by atoms with E-state index in [4.69, 9.17) is 15.2 Å². The van der Waals surface area contributed by atoms with E-state index in [9.17, 15) is 20.0 Å². The first kappa shape index (κ1) is 37.5. The fraction of sp³-hybridized carbons (Fsp3) is 0.850. The summed E-state index contributed by atoms with van der Waals surface area (Å²) in [4.78, 5) is 25.6. The van der Waals surface area contributed by atoms with E-state index < -0.39 is 45.8 Å². The molecule has 3 N–H and O–H groups in total. The standard InChI is InChI=1S/C40H64N4O6/c1-23(2)25(5)35(7)17-18-37(9)27-12-13-29-36(8)20-49-22-40(29,28(27)14-16-38(37,10)32(35)34(45)46)26(6)31(43-30(44(47)48)15-19-42-43)33(36)50-21-39(11,41)24(3)4/h14-15,19,23-27,29,31-33H,12-13,16-18,20-22,41H2,1-11H3,(H,45,46)/t25-,26?,27+,29+,31-,32-,33+,35-,36+,37-,38+,39+,40-/m1/s1. The average Bonchev–Trinajstić information content (AvgIpc) is 3.52. The third kappa shape index (κ3) is 4.89. The van der Waals surface area contributed by atoms with Crippen LogP contribution in [-0.4, -0.2) is 57.2 Å². The molecule has 0 aromatic carbocycles. The van der Waals surface area contributed by atoms with Crippen molar-refractivity contribution in [3.8, 4) is 0 Å². The maximum absolute atomic E-state index is 13.5. The van der Waals surface area contributed by atoms with Crippen molar-refractivity contribution >= 4 is 11.8 Å². The highest BCUT2D eigenvalue weighted by Crippen LogP contribution is 2.76. The van der Waals surface area contributed by atoms with E-state index in [1.165, 1.54) is 17.8 Å². The summed E-state index contributed by atoms with van der Waals surface area (Å²) in [5.41, 5.74) is 5.73. The fourth-order valence-corrected chi connectivity index (χ4v) is 12.7. The Labute approximate surface area is 299 Å². The lowest BCUT2D eigenvalue weighted by Crippen LogP contribution is -2.71. The molecule has 1 unspecified atom stereocenters. The molecule has 1 aromatic heterocycles. The van der Waals surface area contributed by atoms with Gasteiger partial charge in [-0.2, -0.15) is 0 Å². The van der Waals surface area contributed by atoms with Crippen molar-refractivity contribution in [2.75, 3.05) is 19.8 Å². The molecule has 2 heterocycles. The Bertz CT molecular complexity index is 1540. The first-order chi connectivity index (χ1) is 23.1. The number of carboxylic acid groups (broad SMARTS) is 1. The number of hydrogen-bond acceptors (Lipinski definition) is 7. The lowest BCUT2D eigenvalue weighted by atomic mass is 9.33. The van der Waals surface area contributed by atoms with Gasteiger partial charge in [0.25, 0.3) is 0 Å². The van der Waals surface area contributed by atoms with Gasteiger partial charge < -0.3 is 30.4 Å². The van der Waals surface area contributed by atoms with Crippen LogP contribution in [0.3, 0.4) is 0 Å². The molecule has 3 saturated carbocycles. The van der Waals surface area contributed by atoms with Crippen molar-refractivity contribution in [2.24, 2.45) is 74.2 Å². The minimum Gasteiger partial charge on any atom is -0.481 e. The van der Waals surface area contributed by atoms with Gasteiger partial charge in [-0.3, -0.25) is 4.79 Å². The molecule has 4 fully saturated rings. The molecule has 280 valence electrons. The monoisotopic (exact) mass is 696 g/mol. The Morgan fingerprint density at radius 1 is 1.16 bits per heavy atom. The maximum atomic E-state index is 13.5. The van der Waals surface area contributed by atoms with Crippen LogP contribution < -0.4 is 5.73 Å². The summed E-state index contributed by atoms with van der Waals surface area (Å²) in [6.45, 7) is 25.7. The number of carboxylic acids is 1. The lowest BCUT2D eigenvalue weighted by Gasteiger charge is -2.72. The highest BCUT2D eigenvalue weighted by atomic mass is 16.6. The van der Waals surface area contributed by atoms with Gasteiger partial charge in [0.2, 0.25) is 0 Å². The number of allylic oxidation sites excluding steroid dienone is 1. The Kier molecular flexibility index (Phi) is 9.08. The fourth-order valence-electron chi connectivity index (χ4n) is 12.7. The molecule has 0 radical (unpaired) electrons. The van der Waals surface area contributed by atoms with Gasteiger partial charge in [0.15, 0.2) is 6.04 Å². The van der Waals surface area contributed by atoms with E-state index >= 15 is 0 Å². The van der Waals surface area contributed by atoms with E-state index in [0.29, 0.717) is 32.2 Å². The average molecular weight is 697 g/mol. The van der Waals surface area contributed by atoms with Crippen LogP contribution in [0.4, 0.5) is 5.82 Å². The predicted molar refractivity (Wildman–Crippen MR) is 193 cm³/mol. The van der Waals surface area contributed by atoms with Crippen LogP contribution >= 0.6 is 0 Å². The van der Waals surface area contributed by atoms with Crippen LogP contribution in [0.5, 0.6) is 0 Å². The second-order valence-corrected chi connectivity index (χ2v) is 19.3. The minimum absolute atomic E-state index is 0.0353. The molecule has 1 aliphatic heterocycles. The summed E-state index contributed by atoms with van der Waals surface area (Å²) in [7, 11) is 0. The number of aliphatic carboxylic acids is 1. The molecule has 0 amide bonds. The van der Waals surface area contributed by atoms with E-state index in [-0.39, 0.29) is 51.2 Å². The van der Waals surface area contributed by atoms with Crippen molar-refractivity contribution in [1.82, 2.24) is 9.78 Å². The number of hydrogen-bond donors (Lipinski definition) is 2. The summed E-state index contributed by atoms with van der Waals surface area (Å²) in [6.07, 6.45) is 8.03. The third-order valence-electron chi connectivity index (χ3n) is 16.7. The second kappa shape index (κ2) is 12.1. The summed E-state index contributed by atoms with van der Waals surface area (Å²) in [5.74, 6) is -0.0608. The van der Waals surface area contributed by atoms with E-state index in [2.05, 4.69) is 80.4 Å². The molecular formula is C40H64N4O6. The summed E-state index contributed by atoms with van der Waals surface area (Å²) < 4.78 is 15.3. The van der Waals surface area contributed by atoms with Crippen LogP contribution in [0, 0.1) is 78.6 Å². The Hall–Kier alpha value is -2.30. The number of nitrogens with two attached hydrogens (primary N) is 1. The quantitative estimate of drug-likeness (QED) is 0.151. The van der Waals surface area contributed by atoms with Gasteiger partial charge in [-0.15, -0.1) is 4.68 Å². The Morgan fingerprint density at radius 3 is 2.44 bits per heavy atom. The van der Waals surface area contributed by atoms with Gasteiger partial charge in [-0.25, -0.2) is 0 Å². The number of nitro groups is 1. The van der Waals surface area contributed by atoms with Gasteiger partial charge in [-0.05, 0) is 89.8 Å². The molecule has 4 aliphatic carbocycles. The van der Waals surface area contributed by atoms with Crippen molar-refractivity contribution in [1.29, 1.82) is 0 Å². The van der Waals surface area contributed by atoms with Gasteiger partial charge in [-0.1, -0.05) is 86.0 Å². The first-order valence-corrected chi connectivity index (χ1v) is 19.2. The normalized spacial score (nSPS) is 44.4. The zero-order valence-electron chi connectivity index (χ0n) is 32.5. The predicted octanol–water partition coefficient (Wildman–Crippen LogP) is 7.93. The molecule has 1 saturated heterocycles. The van der Waals surface area contributed by atoms with Crippen molar-refractivity contribution in [2.45, 2.75) is 126 Å². The summed E-state index contributed by atoms with van der Waals surface area (Å²) in [6, 6.07) is 1.07. The molecule has 6 rings (SSSR count). The molecular weight excluding hydrogens is 632 g/mol. The molecule has 1 aromatic rings. The zero-order chi connectivity index (χ0) is 37.0. The Morgan fingerprint density at radius 2 is 1.84 bits per heavy atom. The van der Waals surface area contributed by atoms with Crippen LogP contribution in [-0.2, 0) is 14.3 Å². The largest absolute Gasteiger partial charge is 0.481 e. The minimum atomic E-state index is -0.670. The molecule has 50 heavy (non-hydrogen) atoms. The van der Waals surface area contributed by atoms with Crippen LogP contribution in [0.25, 0.3) is 0 Å². The zero-order valence-corrected chi connectivity index (χ0v) is 32.5. The molecule has 5 aliphatic rings. The van der Waals surface area contributed by atoms with Gasteiger partial charge in [0, 0.05) is 22.3 Å². The Balaban J connectivity index is 1.51. The summed E-state index contributed by atoms with van der Waals surface area (Å²) in [5, 5.41) is 28.2. The highest BCUT2D eigenvalue weighted by Gasteiger charge is 2.74. The number of fused-ring (bicyclic) bond motifs is 3. The van der Waals surface area contributed by atoms with Gasteiger partial charge in [0.05, 0.1) is 38.0 Å². The van der Waals surface area contributed by atoms with Crippen molar-refractivity contribution in [3.05, 3.63) is 34.0 Å². The number of nitrogens with zero attached hydrogens (tertiary/aromatic N) is 3. The van der Waals surface area contributed by atoms with E-state index in [1.54, 1.807) is 4.68 Å². The van der Waals surface area contributed by atoms with Gasteiger partial charge >= 0.3 is 11.8 Å². The SMILES string of the molecule is CC(C)[C@@H](C)[C@@]1(C)CC[C@]2(C)[C@H]3CC[C@H]4[C@]5(C)COC[C@]4(C3=CC[C@@]2(C)[C@@H]1C(=O)O)C(C)[C@@H](n1nccc1[N+](=O)[O-])[C@@H]5OC[C@](C)(N)C(C)C. The number of carbonyl (C=O) groups is 1. The van der Waals surface area contributed by atoms with E-state index in [1.807, 2.05) is 6.92 Å². The first-order valence-electron chi connectivity index (χ1n) is 19.2. The van der Waals surface area contributed by atoms with Crippen LogP contribution in [0.1, 0.15) is 114 Å². The molecule has 10 heteroatoms. The molecule has 10 nitrogen and oxygen atoms in total. The van der Waals surface area contributed by atoms with E-state index in [0.717, 1.165) is 25.7 Å². The highest BCUT2D eigenvalue weighted by molar-refractivity contribution is 5.73. The molecule has 0 spiro atoms. The number of rotatable bonds is 9. The van der Waals surface area contributed by atoms with Crippen LogP contribution in [0.2, 0.25) is 0 Å². The third-order valence-corrected chi connectivity index (χ3v) is 16.7. The van der Waals surface area contributed by atoms with Crippen LogP contribution in [0.15, 0.2) is 23.9 Å². The molecule has 2 bridgehead atoms. The lowest BCUT2D eigenvalue weighted by molar-refractivity contribution is -0.395. The smallest absolute Gasteiger partial charge is 0.345 e. The summed E-state index contributed by atoms with van der Waals surface area (Å²) >= 11 is 0.